The predicted molar refractivity (Wildman–Crippen MR) is 71.7 cm³/mol. The Kier molecular flexibility index (Phi) is 3.27. The van der Waals surface area contributed by atoms with Crippen LogP contribution in [0.2, 0.25) is 5.15 Å². The van der Waals surface area contributed by atoms with E-state index in [2.05, 4.69) is 15.3 Å². The summed E-state index contributed by atoms with van der Waals surface area (Å²) >= 11 is 5.91. The Morgan fingerprint density at radius 1 is 1.50 bits per heavy atom. The molecule has 1 N–H and O–H groups in total. The molecule has 1 fully saturated rings. The fraction of sp³-hybridized carbons (Fsp3) is 0.333. The van der Waals surface area contributed by atoms with Gasteiger partial charge in [-0.1, -0.05) is 11.6 Å². The van der Waals surface area contributed by atoms with Crippen LogP contribution in [-0.4, -0.2) is 14.9 Å². The van der Waals surface area contributed by atoms with Crippen LogP contribution in [0.15, 0.2) is 22.8 Å². The Bertz CT molecular complexity index is 640. The van der Waals surface area contributed by atoms with Gasteiger partial charge in [0.2, 0.25) is 11.0 Å². The van der Waals surface area contributed by atoms with Crippen molar-refractivity contribution in [1.82, 2.24) is 9.97 Å². The lowest BCUT2D eigenvalue weighted by Crippen LogP contribution is -2.08. The number of aromatic nitrogens is 2. The summed E-state index contributed by atoms with van der Waals surface area (Å²) in [4.78, 5) is 18.7. The van der Waals surface area contributed by atoms with Crippen molar-refractivity contribution < 1.29 is 9.34 Å². The number of rotatable bonds is 5. The second-order valence-electron chi connectivity index (χ2n) is 4.53. The largest absolute Gasteiger partial charge is 0.467 e. The van der Waals surface area contributed by atoms with E-state index in [1.807, 2.05) is 0 Å². The van der Waals surface area contributed by atoms with Crippen LogP contribution in [-0.2, 0) is 6.54 Å². The first-order valence-electron chi connectivity index (χ1n) is 6.13. The third-order valence-electron chi connectivity index (χ3n) is 2.99. The van der Waals surface area contributed by atoms with E-state index in [1.165, 1.54) is 6.26 Å². The Balaban J connectivity index is 1.91. The van der Waals surface area contributed by atoms with Gasteiger partial charge in [-0.25, -0.2) is 9.97 Å². The molecule has 0 aromatic carbocycles. The van der Waals surface area contributed by atoms with E-state index < -0.39 is 4.92 Å². The average Bonchev–Trinajstić information content (AvgIpc) is 3.12. The maximum Gasteiger partial charge on any atom is 0.348 e. The zero-order valence-corrected chi connectivity index (χ0v) is 11.1. The second-order valence-corrected chi connectivity index (χ2v) is 4.89. The molecule has 0 aliphatic heterocycles. The first-order chi connectivity index (χ1) is 9.65. The minimum Gasteiger partial charge on any atom is -0.467 e. The van der Waals surface area contributed by atoms with Gasteiger partial charge in [0.15, 0.2) is 0 Å². The lowest BCUT2D eigenvalue weighted by molar-refractivity contribution is -0.384. The van der Waals surface area contributed by atoms with Crippen LogP contribution in [0.5, 0.6) is 0 Å². The van der Waals surface area contributed by atoms with Gasteiger partial charge in [-0.3, -0.25) is 10.1 Å². The first kappa shape index (κ1) is 12.9. The van der Waals surface area contributed by atoms with Crippen molar-refractivity contribution in [3.8, 4) is 0 Å². The Morgan fingerprint density at radius 2 is 2.30 bits per heavy atom. The zero-order valence-electron chi connectivity index (χ0n) is 10.4. The van der Waals surface area contributed by atoms with E-state index in [4.69, 9.17) is 16.0 Å². The number of hydrogen-bond donors (Lipinski definition) is 1. The molecule has 0 atom stereocenters. The Labute approximate surface area is 119 Å². The molecule has 0 saturated heterocycles. The fourth-order valence-electron chi connectivity index (χ4n) is 1.84. The quantitative estimate of drug-likeness (QED) is 0.517. The predicted octanol–water partition coefficient (Wildman–Crippen LogP) is 3.12. The molecule has 0 spiro atoms. The standard InChI is InChI=1S/C12H11ClN4O3/c13-10-9(17(18)19)12(14-6-8-2-1-5-20-8)16-11(15-10)7-3-4-7/h1-2,5,7H,3-4,6H2,(H,14,15,16). The molecule has 104 valence electrons. The van der Waals surface area contributed by atoms with Crippen LogP contribution in [0.1, 0.15) is 30.3 Å². The molecular weight excluding hydrogens is 284 g/mol. The summed E-state index contributed by atoms with van der Waals surface area (Å²) < 4.78 is 5.17. The normalized spacial score (nSPS) is 14.2. The number of halogens is 1. The number of hydrogen-bond acceptors (Lipinski definition) is 6. The summed E-state index contributed by atoms with van der Waals surface area (Å²) in [6.07, 6.45) is 3.52. The highest BCUT2D eigenvalue weighted by Crippen LogP contribution is 2.41. The monoisotopic (exact) mass is 294 g/mol. The summed E-state index contributed by atoms with van der Waals surface area (Å²) in [5.74, 6) is 1.61. The van der Waals surface area contributed by atoms with Gasteiger partial charge in [-0.2, -0.15) is 0 Å². The van der Waals surface area contributed by atoms with Crippen molar-refractivity contribution >= 4 is 23.1 Å². The lowest BCUT2D eigenvalue weighted by Gasteiger charge is -2.07. The molecule has 1 aliphatic rings. The van der Waals surface area contributed by atoms with Crippen LogP contribution < -0.4 is 5.32 Å². The van der Waals surface area contributed by atoms with Gasteiger partial charge in [0.25, 0.3) is 0 Å². The van der Waals surface area contributed by atoms with Gasteiger partial charge in [-0.05, 0) is 25.0 Å². The second kappa shape index (κ2) is 5.09. The zero-order chi connectivity index (χ0) is 14.1. The molecule has 7 nitrogen and oxygen atoms in total. The van der Waals surface area contributed by atoms with Crippen molar-refractivity contribution in [1.29, 1.82) is 0 Å². The summed E-state index contributed by atoms with van der Waals surface area (Å²) in [5.41, 5.74) is -0.303. The van der Waals surface area contributed by atoms with Crippen molar-refractivity contribution in [3.63, 3.8) is 0 Å². The molecule has 0 radical (unpaired) electrons. The smallest absolute Gasteiger partial charge is 0.348 e. The molecule has 2 aromatic heterocycles. The molecule has 2 aromatic rings. The number of anilines is 1. The van der Waals surface area contributed by atoms with Crippen LogP contribution in [0.4, 0.5) is 11.5 Å². The van der Waals surface area contributed by atoms with E-state index in [1.54, 1.807) is 12.1 Å². The highest BCUT2D eigenvalue weighted by molar-refractivity contribution is 6.31. The average molecular weight is 295 g/mol. The maximum atomic E-state index is 11.1. The summed E-state index contributed by atoms with van der Waals surface area (Å²) in [5, 5.41) is 13.8. The van der Waals surface area contributed by atoms with Gasteiger partial charge in [0.1, 0.15) is 11.6 Å². The maximum absolute atomic E-state index is 11.1. The van der Waals surface area contributed by atoms with E-state index >= 15 is 0 Å². The van der Waals surface area contributed by atoms with Crippen molar-refractivity contribution in [3.05, 3.63) is 45.2 Å². The van der Waals surface area contributed by atoms with E-state index in [0.717, 1.165) is 12.8 Å². The van der Waals surface area contributed by atoms with Crippen LogP contribution in [0, 0.1) is 10.1 Å². The molecule has 1 saturated carbocycles. The van der Waals surface area contributed by atoms with Gasteiger partial charge < -0.3 is 9.73 Å². The van der Waals surface area contributed by atoms with Gasteiger partial charge >= 0.3 is 5.69 Å². The van der Waals surface area contributed by atoms with Gasteiger partial charge in [-0.15, -0.1) is 0 Å². The number of furan rings is 1. The van der Waals surface area contributed by atoms with E-state index in [0.29, 0.717) is 18.1 Å². The third kappa shape index (κ3) is 2.57. The first-order valence-corrected chi connectivity index (χ1v) is 6.51. The minimum absolute atomic E-state index is 0.131. The minimum atomic E-state index is -0.580. The molecular formula is C12H11ClN4O3. The SMILES string of the molecule is O=[N+]([O-])c1c(Cl)nc(C2CC2)nc1NCc1ccco1. The van der Waals surface area contributed by atoms with Crippen molar-refractivity contribution in [2.45, 2.75) is 25.3 Å². The summed E-state index contributed by atoms with van der Waals surface area (Å²) in [6.45, 7) is 0.297. The molecule has 0 bridgehead atoms. The fourth-order valence-corrected chi connectivity index (χ4v) is 2.08. The van der Waals surface area contributed by atoms with E-state index in [9.17, 15) is 10.1 Å². The van der Waals surface area contributed by atoms with Crippen molar-refractivity contribution in [2.24, 2.45) is 0 Å². The number of nitro groups is 1. The molecule has 20 heavy (non-hydrogen) atoms. The summed E-state index contributed by atoms with van der Waals surface area (Å²) in [7, 11) is 0. The van der Waals surface area contributed by atoms with Crippen LogP contribution in [0.25, 0.3) is 0 Å². The topological polar surface area (TPSA) is 94.1 Å². The number of nitrogens with zero attached hydrogens (tertiary/aromatic N) is 3. The lowest BCUT2D eigenvalue weighted by atomic mass is 10.3. The van der Waals surface area contributed by atoms with Crippen LogP contribution >= 0.6 is 11.6 Å². The molecule has 0 unspecified atom stereocenters. The third-order valence-corrected chi connectivity index (χ3v) is 3.26. The summed E-state index contributed by atoms with van der Waals surface area (Å²) in [6, 6.07) is 3.51. The van der Waals surface area contributed by atoms with E-state index in [-0.39, 0.29) is 22.6 Å². The Morgan fingerprint density at radius 3 is 2.90 bits per heavy atom. The molecule has 2 heterocycles. The van der Waals surface area contributed by atoms with Crippen molar-refractivity contribution in [2.75, 3.05) is 5.32 Å². The highest BCUT2D eigenvalue weighted by Gasteiger charge is 2.31. The Hall–Kier alpha value is -2.15. The molecule has 0 amide bonds. The highest BCUT2D eigenvalue weighted by atomic mass is 35.5. The van der Waals surface area contributed by atoms with Gasteiger partial charge in [0, 0.05) is 5.92 Å². The molecule has 8 heteroatoms. The van der Waals surface area contributed by atoms with Crippen LogP contribution in [0.3, 0.4) is 0 Å². The number of nitrogens with one attached hydrogen (secondary N) is 1. The molecule has 1 aliphatic carbocycles. The molecule has 3 rings (SSSR count). The van der Waals surface area contributed by atoms with Gasteiger partial charge in [0.05, 0.1) is 17.7 Å².